The van der Waals surface area contributed by atoms with Crippen molar-refractivity contribution in [2.24, 2.45) is 7.05 Å². The lowest BCUT2D eigenvalue weighted by molar-refractivity contribution is 0.649. The lowest BCUT2D eigenvalue weighted by atomic mass is 10.1. The van der Waals surface area contributed by atoms with E-state index in [0.29, 0.717) is 11.5 Å². The van der Waals surface area contributed by atoms with Gasteiger partial charge in [0.1, 0.15) is 5.82 Å². The summed E-state index contributed by atoms with van der Waals surface area (Å²) in [5.74, 6) is 1.54. The van der Waals surface area contributed by atoms with Gasteiger partial charge in [-0.25, -0.2) is 4.98 Å². The van der Waals surface area contributed by atoms with Crippen molar-refractivity contribution in [3.05, 3.63) is 29.6 Å². The van der Waals surface area contributed by atoms with E-state index in [9.17, 15) is 0 Å². The molecule has 0 saturated carbocycles. The van der Waals surface area contributed by atoms with E-state index in [0.717, 1.165) is 23.3 Å². The second-order valence-corrected chi connectivity index (χ2v) is 4.15. The van der Waals surface area contributed by atoms with Gasteiger partial charge in [0.2, 0.25) is 0 Å². The third-order valence-corrected chi connectivity index (χ3v) is 3.10. The third-order valence-electron chi connectivity index (χ3n) is 3.10. The average Bonchev–Trinajstić information content (AvgIpc) is 2.65. The van der Waals surface area contributed by atoms with Crippen LogP contribution in [0.4, 0.5) is 0 Å². The zero-order chi connectivity index (χ0) is 11.7. The number of fused-ring (bicyclic) bond motifs is 1. The second-order valence-electron chi connectivity index (χ2n) is 4.15. The van der Waals surface area contributed by atoms with Crippen molar-refractivity contribution in [3.63, 3.8) is 0 Å². The maximum atomic E-state index is 8.87. The first kappa shape index (κ1) is 10.7. The maximum Gasteiger partial charge on any atom is 0.112 e. The van der Waals surface area contributed by atoms with Crippen LogP contribution >= 0.6 is 0 Å². The van der Waals surface area contributed by atoms with E-state index in [1.54, 1.807) is 0 Å². The lowest BCUT2D eigenvalue weighted by Gasteiger charge is -2.07. The van der Waals surface area contributed by atoms with Crippen molar-refractivity contribution in [1.29, 1.82) is 5.26 Å². The number of nitriles is 1. The Morgan fingerprint density at radius 2 is 2.25 bits per heavy atom. The first-order chi connectivity index (χ1) is 7.67. The number of imidazole rings is 1. The van der Waals surface area contributed by atoms with Crippen LogP contribution in [0.2, 0.25) is 0 Å². The molecule has 16 heavy (non-hydrogen) atoms. The van der Waals surface area contributed by atoms with Gasteiger partial charge in [-0.3, -0.25) is 0 Å². The Hall–Kier alpha value is -1.82. The molecule has 1 aromatic carbocycles. The van der Waals surface area contributed by atoms with Gasteiger partial charge in [0.25, 0.3) is 0 Å². The van der Waals surface area contributed by atoms with Gasteiger partial charge in [-0.1, -0.05) is 13.8 Å². The molecule has 2 rings (SSSR count). The van der Waals surface area contributed by atoms with E-state index in [-0.39, 0.29) is 0 Å². The molecule has 1 unspecified atom stereocenters. The van der Waals surface area contributed by atoms with Crippen molar-refractivity contribution in [2.45, 2.75) is 26.2 Å². The normalized spacial score (nSPS) is 12.6. The largest absolute Gasteiger partial charge is 0.331 e. The molecule has 0 saturated heterocycles. The van der Waals surface area contributed by atoms with Crippen LogP contribution in [0.1, 0.15) is 37.6 Å². The fourth-order valence-electron chi connectivity index (χ4n) is 1.90. The van der Waals surface area contributed by atoms with Crippen molar-refractivity contribution in [2.75, 3.05) is 0 Å². The minimum atomic E-state index is 0.447. The Morgan fingerprint density at radius 1 is 1.50 bits per heavy atom. The van der Waals surface area contributed by atoms with Gasteiger partial charge in [-0.05, 0) is 24.6 Å². The molecule has 0 amide bonds. The molecule has 1 atom stereocenters. The maximum absolute atomic E-state index is 8.87. The molecule has 0 aliphatic heterocycles. The van der Waals surface area contributed by atoms with Crippen LogP contribution in [-0.2, 0) is 7.05 Å². The monoisotopic (exact) mass is 213 g/mol. The predicted molar refractivity (Wildman–Crippen MR) is 64.1 cm³/mol. The summed E-state index contributed by atoms with van der Waals surface area (Å²) < 4.78 is 2.09. The standard InChI is InChI=1S/C13H15N3/c1-4-9(2)13-15-11-6-5-10(8-14)7-12(11)16(13)3/h5-7,9H,4H2,1-3H3. The van der Waals surface area contributed by atoms with Crippen LogP contribution in [0.5, 0.6) is 0 Å². The van der Waals surface area contributed by atoms with Crippen molar-refractivity contribution in [1.82, 2.24) is 9.55 Å². The highest BCUT2D eigenvalue weighted by Crippen LogP contribution is 2.23. The van der Waals surface area contributed by atoms with Gasteiger partial charge in [-0.2, -0.15) is 5.26 Å². The molecule has 3 heteroatoms. The minimum Gasteiger partial charge on any atom is -0.331 e. The summed E-state index contributed by atoms with van der Waals surface area (Å²) in [5, 5.41) is 8.87. The van der Waals surface area contributed by atoms with E-state index < -0.39 is 0 Å². The van der Waals surface area contributed by atoms with E-state index in [4.69, 9.17) is 5.26 Å². The zero-order valence-corrected chi connectivity index (χ0v) is 9.86. The SMILES string of the molecule is CCC(C)c1nc2ccc(C#N)cc2n1C. The van der Waals surface area contributed by atoms with Gasteiger partial charge in [-0.15, -0.1) is 0 Å². The zero-order valence-electron chi connectivity index (χ0n) is 9.86. The smallest absolute Gasteiger partial charge is 0.112 e. The molecule has 0 spiro atoms. The first-order valence-corrected chi connectivity index (χ1v) is 5.53. The Kier molecular flexibility index (Phi) is 2.66. The van der Waals surface area contributed by atoms with Gasteiger partial charge in [0, 0.05) is 13.0 Å². The van der Waals surface area contributed by atoms with Crippen LogP contribution < -0.4 is 0 Å². The van der Waals surface area contributed by atoms with Crippen molar-refractivity contribution >= 4 is 11.0 Å². The number of aromatic nitrogens is 2. The number of hydrogen-bond acceptors (Lipinski definition) is 2. The molecule has 2 aromatic rings. The Bertz CT molecular complexity index is 560. The summed E-state index contributed by atoms with van der Waals surface area (Å²) in [7, 11) is 2.01. The topological polar surface area (TPSA) is 41.6 Å². The van der Waals surface area contributed by atoms with Crippen molar-refractivity contribution in [3.8, 4) is 6.07 Å². The summed E-state index contributed by atoms with van der Waals surface area (Å²) in [6.07, 6.45) is 1.07. The molecule has 0 aliphatic carbocycles. The highest BCUT2D eigenvalue weighted by Gasteiger charge is 2.12. The summed E-state index contributed by atoms with van der Waals surface area (Å²) in [6, 6.07) is 7.79. The number of aryl methyl sites for hydroxylation is 1. The molecule has 3 nitrogen and oxygen atoms in total. The minimum absolute atomic E-state index is 0.447. The fraction of sp³-hybridized carbons (Fsp3) is 0.385. The Balaban J connectivity index is 2.65. The molecule has 0 radical (unpaired) electrons. The van der Waals surface area contributed by atoms with Crippen LogP contribution in [-0.4, -0.2) is 9.55 Å². The lowest BCUT2D eigenvalue weighted by Crippen LogP contribution is -2.01. The van der Waals surface area contributed by atoms with Gasteiger partial charge < -0.3 is 4.57 Å². The third kappa shape index (κ3) is 1.57. The van der Waals surface area contributed by atoms with E-state index in [2.05, 4.69) is 29.5 Å². The van der Waals surface area contributed by atoms with E-state index in [1.165, 1.54) is 0 Å². The number of rotatable bonds is 2. The molecule has 1 heterocycles. The van der Waals surface area contributed by atoms with E-state index >= 15 is 0 Å². The van der Waals surface area contributed by atoms with Crippen LogP contribution in [0.3, 0.4) is 0 Å². The molecule has 82 valence electrons. The molecule has 0 bridgehead atoms. The Labute approximate surface area is 95.3 Å². The fourth-order valence-corrected chi connectivity index (χ4v) is 1.90. The van der Waals surface area contributed by atoms with Crippen LogP contribution in [0, 0.1) is 11.3 Å². The van der Waals surface area contributed by atoms with E-state index in [1.807, 2.05) is 25.2 Å². The first-order valence-electron chi connectivity index (χ1n) is 5.53. The molecule has 0 fully saturated rings. The highest BCUT2D eigenvalue weighted by molar-refractivity contribution is 5.77. The summed E-state index contributed by atoms with van der Waals surface area (Å²) in [4.78, 5) is 4.61. The summed E-state index contributed by atoms with van der Waals surface area (Å²) in [6.45, 7) is 4.33. The van der Waals surface area contributed by atoms with Crippen LogP contribution in [0.25, 0.3) is 11.0 Å². The summed E-state index contributed by atoms with van der Waals surface area (Å²) in [5.41, 5.74) is 2.69. The molecule has 0 aliphatic rings. The predicted octanol–water partition coefficient (Wildman–Crippen LogP) is 2.96. The molecular weight excluding hydrogens is 198 g/mol. The second kappa shape index (κ2) is 3.97. The highest BCUT2D eigenvalue weighted by atomic mass is 15.1. The van der Waals surface area contributed by atoms with Gasteiger partial charge >= 0.3 is 0 Å². The number of nitrogens with zero attached hydrogens (tertiary/aromatic N) is 3. The van der Waals surface area contributed by atoms with Crippen LogP contribution in [0.15, 0.2) is 18.2 Å². The average molecular weight is 213 g/mol. The van der Waals surface area contributed by atoms with Crippen molar-refractivity contribution < 1.29 is 0 Å². The quantitative estimate of drug-likeness (QED) is 0.769. The van der Waals surface area contributed by atoms with Gasteiger partial charge in [0.05, 0.1) is 22.7 Å². The summed E-state index contributed by atoms with van der Waals surface area (Å²) >= 11 is 0. The number of benzene rings is 1. The van der Waals surface area contributed by atoms with Gasteiger partial charge in [0.15, 0.2) is 0 Å². The Morgan fingerprint density at radius 3 is 2.88 bits per heavy atom. The molecule has 1 aromatic heterocycles. The number of hydrogen-bond donors (Lipinski definition) is 0. The molecule has 0 N–H and O–H groups in total. The molecular formula is C13H15N3.